The molecule has 138 valence electrons. The largest absolute Gasteiger partial charge is 0.340 e. The van der Waals surface area contributed by atoms with E-state index in [-0.39, 0.29) is 11.4 Å². The van der Waals surface area contributed by atoms with E-state index >= 15 is 0 Å². The molecule has 1 aromatic heterocycles. The Morgan fingerprint density at radius 3 is 2.81 bits per heavy atom. The van der Waals surface area contributed by atoms with Crippen molar-refractivity contribution in [1.82, 2.24) is 14.9 Å². The van der Waals surface area contributed by atoms with E-state index in [0.29, 0.717) is 25.0 Å². The molecule has 1 aromatic carbocycles. The molecule has 1 fully saturated rings. The zero-order valence-electron chi connectivity index (χ0n) is 15.2. The lowest BCUT2D eigenvalue weighted by atomic mass is 10.0. The van der Waals surface area contributed by atoms with Crippen LogP contribution in [0.4, 0.5) is 10.3 Å². The van der Waals surface area contributed by atoms with Gasteiger partial charge in [-0.2, -0.15) is 0 Å². The quantitative estimate of drug-likeness (QED) is 0.919. The first-order valence-electron chi connectivity index (χ1n) is 9.45. The third-order valence-electron chi connectivity index (χ3n) is 5.53. The van der Waals surface area contributed by atoms with Crippen molar-refractivity contribution >= 4 is 5.95 Å². The number of aromatic nitrogens is 2. The van der Waals surface area contributed by atoms with E-state index in [1.54, 1.807) is 0 Å². The van der Waals surface area contributed by atoms with E-state index in [4.69, 9.17) is 4.98 Å². The summed E-state index contributed by atoms with van der Waals surface area (Å²) in [6.45, 7) is 5.35. The van der Waals surface area contributed by atoms with Crippen LogP contribution in [-0.4, -0.2) is 34.0 Å². The average molecular weight is 356 g/mol. The maximum Gasteiger partial charge on any atom is 0.255 e. The number of fused-ring (bicyclic) bond motifs is 1. The van der Waals surface area contributed by atoms with Gasteiger partial charge in [0, 0.05) is 37.8 Å². The number of nitrogens with one attached hydrogen (secondary N) is 1. The Kier molecular flexibility index (Phi) is 4.76. The van der Waals surface area contributed by atoms with Crippen LogP contribution in [0.25, 0.3) is 0 Å². The zero-order chi connectivity index (χ0) is 18.1. The molecule has 0 spiro atoms. The Hall–Kier alpha value is -2.21. The van der Waals surface area contributed by atoms with Crippen molar-refractivity contribution in [2.24, 2.45) is 0 Å². The summed E-state index contributed by atoms with van der Waals surface area (Å²) < 4.78 is 13.1. The highest BCUT2D eigenvalue weighted by molar-refractivity contribution is 5.36. The minimum atomic E-state index is -0.216. The summed E-state index contributed by atoms with van der Waals surface area (Å²) >= 11 is 0. The second kappa shape index (κ2) is 7.19. The number of hydrogen-bond acceptors (Lipinski definition) is 4. The third kappa shape index (κ3) is 3.51. The number of halogens is 1. The topological polar surface area (TPSA) is 52.2 Å². The van der Waals surface area contributed by atoms with Crippen LogP contribution in [0.5, 0.6) is 0 Å². The monoisotopic (exact) mass is 356 g/mol. The smallest absolute Gasteiger partial charge is 0.255 e. The molecule has 0 aliphatic carbocycles. The molecule has 0 radical (unpaired) electrons. The maximum atomic E-state index is 13.1. The maximum absolute atomic E-state index is 13.1. The van der Waals surface area contributed by atoms with Crippen molar-refractivity contribution in [2.45, 2.75) is 51.7 Å². The summed E-state index contributed by atoms with van der Waals surface area (Å²) in [6.07, 6.45) is 4.21. The van der Waals surface area contributed by atoms with Crippen LogP contribution in [-0.2, 0) is 19.5 Å². The van der Waals surface area contributed by atoms with Crippen molar-refractivity contribution in [3.8, 4) is 0 Å². The van der Waals surface area contributed by atoms with Crippen LogP contribution < -0.4 is 10.5 Å². The molecule has 0 amide bonds. The predicted octanol–water partition coefficient (Wildman–Crippen LogP) is 2.85. The second-order valence-electron chi connectivity index (χ2n) is 7.44. The minimum Gasteiger partial charge on any atom is -0.340 e. The van der Waals surface area contributed by atoms with Crippen molar-refractivity contribution in [3.05, 3.63) is 57.3 Å². The average Bonchev–Trinajstić information content (AvgIpc) is 2.64. The highest BCUT2D eigenvalue weighted by Crippen LogP contribution is 2.23. The number of aromatic amines is 1. The molecular weight excluding hydrogens is 331 g/mol. The van der Waals surface area contributed by atoms with Gasteiger partial charge in [-0.1, -0.05) is 12.1 Å². The minimum absolute atomic E-state index is 0.00389. The van der Waals surface area contributed by atoms with E-state index in [2.05, 4.69) is 21.7 Å². The van der Waals surface area contributed by atoms with E-state index in [0.717, 1.165) is 49.3 Å². The van der Waals surface area contributed by atoms with Crippen LogP contribution in [0, 0.1) is 5.82 Å². The van der Waals surface area contributed by atoms with Gasteiger partial charge in [-0.05, 0) is 50.3 Å². The number of anilines is 1. The van der Waals surface area contributed by atoms with Crippen LogP contribution in [0.2, 0.25) is 0 Å². The Labute approximate surface area is 152 Å². The highest BCUT2D eigenvalue weighted by atomic mass is 19.1. The Bertz CT molecular complexity index is 833. The fourth-order valence-corrected chi connectivity index (χ4v) is 4.01. The molecule has 0 unspecified atom stereocenters. The van der Waals surface area contributed by atoms with Gasteiger partial charge in [-0.25, -0.2) is 9.37 Å². The molecule has 0 bridgehead atoms. The van der Waals surface area contributed by atoms with Crippen molar-refractivity contribution in [3.63, 3.8) is 0 Å². The zero-order valence-corrected chi connectivity index (χ0v) is 15.2. The molecule has 6 heteroatoms. The van der Waals surface area contributed by atoms with Crippen LogP contribution in [0.3, 0.4) is 0 Å². The van der Waals surface area contributed by atoms with Gasteiger partial charge in [-0.15, -0.1) is 0 Å². The lowest BCUT2D eigenvalue weighted by Crippen LogP contribution is -2.41. The Morgan fingerprint density at radius 1 is 1.23 bits per heavy atom. The normalized spacial score (nSPS) is 20.8. The van der Waals surface area contributed by atoms with Gasteiger partial charge in [0.05, 0.1) is 5.69 Å². The molecule has 1 N–H and O–H groups in total. The first kappa shape index (κ1) is 17.2. The molecule has 4 rings (SSSR count). The summed E-state index contributed by atoms with van der Waals surface area (Å²) in [5, 5.41) is 0. The van der Waals surface area contributed by atoms with Crippen LogP contribution in [0.15, 0.2) is 29.1 Å². The highest BCUT2D eigenvalue weighted by Gasteiger charge is 2.25. The van der Waals surface area contributed by atoms with Gasteiger partial charge < -0.3 is 4.90 Å². The van der Waals surface area contributed by atoms with E-state index < -0.39 is 0 Å². The molecule has 0 saturated carbocycles. The van der Waals surface area contributed by atoms with Gasteiger partial charge in [-0.3, -0.25) is 14.7 Å². The van der Waals surface area contributed by atoms with Gasteiger partial charge in [0.25, 0.3) is 5.56 Å². The van der Waals surface area contributed by atoms with E-state index in [1.807, 2.05) is 12.1 Å². The van der Waals surface area contributed by atoms with Gasteiger partial charge in [0.1, 0.15) is 5.82 Å². The van der Waals surface area contributed by atoms with Gasteiger partial charge >= 0.3 is 0 Å². The van der Waals surface area contributed by atoms with Crippen LogP contribution >= 0.6 is 0 Å². The van der Waals surface area contributed by atoms with Gasteiger partial charge in [0.2, 0.25) is 5.95 Å². The number of benzene rings is 1. The predicted molar refractivity (Wildman–Crippen MR) is 99.7 cm³/mol. The molecule has 5 nitrogen and oxygen atoms in total. The summed E-state index contributed by atoms with van der Waals surface area (Å²) in [6, 6.07) is 7.02. The molecule has 2 aromatic rings. The summed E-state index contributed by atoms with van der Waals surface area (Å²) in [7, 11) is 0. The third-order valence-corrected chi connectivity index (χ3v) is 5.53. The molecule has 3 heterocycles. The fraction of sp³-hybridized carbons (Fsp3) is 0.500. The number of rotatable bonds is 3. The first-order valence-corrected chi connectivity index (χ1v) is 9.45. The van der Waals surface area contributed by atoms with Crippen molar-refractivity contribution < 1.29 is 4.39 Å². The van der Waals surface area contributed by atoms with Crippen LogP contribution in [0.1, 0.15) is 43.0 Å². The summed E-state index contributed by atoms with van der Waals surface area (Å²) in [5.74, 6) is 0.496. The molecular formula is C20H25FN4O. The van der Waals surface area contributed by atoms with Crippen molar-refractivity contribution in [1.29, 1.82) is 0 Å². The van der Waals surface area contributed by atoms with E-state index in [9.17, 15) is 9.18 Å². The van der Waals surface area contributed by atoms with Gasteiger partial charge in [0.15, 0.2) is 0 Å². The lowest BCUT2D eigenvalue weighted by Gasteiger charge is -2.35. The number of H-pyrrole nitrogens is 1. The summed E-state index contributed by atoms with van der Waals surface area (Å²) in [4.78, 5) is 24.9. The van der Waals surface area contributed by atoms with Crippen molar-refractivity contribution in [2.75, 3.05) is 18.0 Å². The Morgan fingerprint density at radius 2 is 2.04 bits per heavy atom. The fourth-order valence-electron chi connectivity index (χ4n) is 4.01. The summed E-state index contributed by atoms with van der Waals surface area (Å²) in [5.41, 5.74) is 2.78. The number of nitrogens with zero attached hydrogens (tertiary/aromatic N) is 3. The molecule has 2 aliphatic rings. The molecule has 2 aliphatic heterocycles. The Balaban J connectivity index is 1.55. The number of piperidine rings is 1. The lowest BCUT2D eigenvalue weighted by molar-refractivity contribution is 0.240. The standard InChI is InChI=1S/C20H25FN4O/c1-14-4-2-3-10-25(14)20-22-18-13-24(11-9-17(18)19(26)23-20)12-15-5-7-16(21)8-6-15/h5-8,14H,2-4,9-13H2,1H3,(H,22,23,26)/t14-/m1/s1. The molecule has 1 saturated heterocycles. The molecule has 1 atom stereocenters. The SMILES string of the molecule is C[C@@H]1CCCCN1c1nc2c(c(=O)[nH]1)CCN(Cc1ccc(F)cc1)C2. The molecule has 26 heavy (non-hydrogen) atoms. The van der Waals surface area contributed by atoms with E-state index in [1.165, 1.54) is 18.6 Å². The number of hydrogen-bond donors (Lipinski definition) is 1. The first-order chi connectivity index (χ1) is 12.6. The second-order valence-corrected chi connectivity index (χ2v) is 7.44.